The van der Waals surface area contributed by atoms with E-state index >= 15 is 0 Å². The zero-order chi connectivity index (χ0) is 38.7. The number of ether oxygens (including phenoxy) is 3. The second-order valence-electron chi connectivity index (χ2n) is 11.9. The highest BCUT2D eigenvalue weighted by atomic mass is 19.4. The second kappa shape index (κ2) is 14.8. The van der Waals surface area contributed by atoms with Crippen LogP contribution in [0.4, 0.5) is 26.3 Å². The number of nitrogens with zero attached hydrogens (tertiary/aromatic N) is 4. The molecule has 278 valence electrons. The van der Waals surface area contributed by atoms with Crippen LogP contribution in [0, 0.1) is 0 Å². The van der Waals surface area contributed by atoms with Gasteiger partial charge in [0.25, 0.3) is 0 Å². The van der Waals surface area contributed by atoms with Gasteiger partial charge in [-0.2, -0.15) is 0 Å². The molecule has 6 aromatic carbocycles. The number of rotatable bonds is 7. The molecule has 55 heavy (non-hydrogen) atoms. The van der Waals surface area contributed by atoms with Crippen LogP contribution in [0.5, 0.6) is 23.0 Å². The third-order valence-electron chi connectivity index (χ3n) is 8.25. The number of hydrogen-bond acceptors (Lipinski definition) is 6. The van der Waals surface area contributed by atoms with Crippen LogP contribution in [0.3, 0.4) is 0 Å². The molecule has 1 N–H and O–H groups in total. The van der Waals surface area contributed by atoms with Gasteiger partial charge < -0.3 is 19.3 Å². The van der Waals surface area contributed by atoms with E-state index in [1.165, 1.54) is 36.4 Å². The van der Waals surface area contributed by atoms with Gasteiger partial charge >= 0.3 is 12.7 Å². The summed E-state index contributed by atoms with van der Waals surface area (Å²) in [4.78, 5) is 9.30. The van der Waals surface area contributed by atoms with Crippen molar-refractivity contribution in [3.05, 3.63) is 146 Å². The molecule has 0 aliphatic heterocycles. The molecule has 0 saturated heterocycles. The van der Waals surface area contributed by atoms with Crippen molar-refractivity contribution in [1.29, 1.82) is 0 Å². The fourth-order valence-corrected chi connectivity index (χ4v) is 5.91. The lowest BCUT2D eigenvalue weighted by Gasteiger charge is -2.12. The van der Waals surface area contributed by atoms with Crippen molar-refractivity contribution < 1.29 is 45.7 Å². The monoisotopic (exact) mass is 754 g/mol. The van der Waals surface area contributed by atoms with Gasteiger partial charge in [-0.1, -0.05) is 24.3 Å². The molecular formula is C41H28F6N4O4. The molecule has 8 nitrogen and oxygen atoms in total. The molecule has 0 bridgehead atoms. The highest BCUT2D eigenvalue weighted by Crippen LogP contribution is 2.33. The number of fused-ring (bicyclic) bond motifs is 2. The van der Waals surface area contributed by atoms with Crippen LogP contribution in [0.15, 0.2) is 146 Å². The minimum atomic E-state index is -4.74. The van der Waals surface area contributed by atoms with E-state index in [4.69, 9.17) is 4.74 Å². The minimum Gasteiger partial charge on any atom is -0.508 e. The predicted molar refractivity (Wildman–Crippen MR) is 195 cm³/mol. The molecule has 2 heterocycles. The van der Waals surface area contributed by atoms with Crippen molar-refractivity contribution >= 4 is 22.1 Å². The number of alkyl halides is 6. The first-order valence-corrected chi connectivity index (χ1v) is 16.5. The summed E-state index contributed by atoms with van der Waals surface area (Å²) in [5.74, 6) is 1.48. The van der Waals surface area contributed by atoms with Crippen LogP contribution < -0.4 is 14.2 Å². The molecule has 0 aliphatic rings. The topological polar surface area (TPSA) is 83.6 Å². The van der Waals surface area contributed by atoms with Crippen LogP contribution in [0.2, 0.25) is 0 Å². The lowest BCUT2D eigenvalue weighted by Crippen LogP contribution is -2.17. The molecule has 0 saturated carbocycles. The lowest BCUT2D eigenvalue weighted by atomic mass is 10.2. The van der Waals surface area contributed by atoms with Gasteiger partial charge in [0.2, 0.25) is 0 Å². The van der Waals surface area contributed by atoms with E-state index in [2.05, 4.69) is 19.4 Å². The quantitative estimate of drug-likeness (QED) is 0.163. The molecule has 0 aliphatic carbocycles. The summed E-state index contributed by atoms with van der Waals surface area (Å²) in [6.07, 6.45) is -9.46. The van der Waals surface area contributed by atoms with E-state index in [0.29, 0.717) is 22.8 Å². The Morgan fingerprint density at radius 2 is 0.836 bits per heavy atom. The fourth-order valence-electron chi connectivity index (χ4n) is 5.91. The van der Waals surface area contributed by atoms with Crippen molar-refractivity contribution in [2.24, 2.45) is 0 Å². The van der Waals surface area contributed by atoms with Crippen molar-refractivity contribution in [1.82, 2.24) is 19.1 Å². The Balaban J connectivity index is 0.000000169. The first-order valence-electron chi connectivity index (χ1n) is 16.5. The van der Waals surface area contributed by atoms with E-state index in [1.54, 1.807) is 43.5 Å². The molecule has 8 rings (SSSR count). The van der Waals surface area contributed by atoms with Crippen molar-refractivity contribution in [2.75, 3.05) is 7.11 Å². The summed E-state index contributed by atoms with van der Waals surface area (Å²) in [5, 5.41) is 9.55. The Kier molecular flexibility index (Phi) is 9.80. The molecule has 0 atom stereocenters. The average Bonchev–Trinajstić information content (AvgIpc) is 3.74. The van der Waals surface area contributed by atoms with Gasteiger partial charge in [0, 0.05) is 22.5 Å². The normalized spacial score (nSPS) is 11.6. The van der Waals surface area contributed by atoms with Gasteiger partial charge in [0.05, 0.1) is 29.2 Å². The van der Waals surface area contributed by atoms with Crippen LogP contribution in [-0.4, -0.2) is 44.0 Å². The second-order valence-corrected chi connectivity index (χ2v) is 11.9. The summed E-state index contributed by atoms with van der Waals surface area (Å²) < 4.78 is 91.2. The Labute approximate surface area is 309 Å². The number of aromatic hydroxyl groups is 1. The zero-order valence-electron chi connectivity index (χ0n) is 28.6. The van der Waals surface area contributed by atoms with E-state index in [-0.39, 0.29) is 17.2 Å². The number of benzene rings is 6. The Morgan fingerprint density at radius 1 is 0.473 bits per heavy atom. The third-order valence-corrected chi connectivity index (χ3v) is 8.25. The number of para-hydroxylation sites is 4. The fraction of sp³-hybridized carbons (Fsp3) is 0.0732. The molecule has 0 fully saturated rings. The van der Waals surface area contributed by atoms with Gasteiger partial charge in [-0.25, -0.2) is 9.97 Å². The number of methoxy groups -OCH3 is 1. The summed E-state index contributed by atoms with van der Waals surface area (Å²) in [6, 6.07) is 40.5. The highest BCUT2D eigenvalue weighted by molar-refractivity contribution is 5.84. The number of phenolic OH excluding ortho intramolecular Hbond substituents is 1. The van der Waals surface area contributed by atoms with Crippen LogP contribution in [-0.2, 0) is 0 Å². The maximum absolute atomic E-state index is 12.4. The molecule has 0 unspecified atom stereocenters. The number of hydrogen-bond donors (Lipinski definition) is 1. The summed E-state index contributed by atoms with van der Waals surface area (Å²) in [6.45, 7) is 0. The van der Waals surface area contributed by atoms with Gasteiger partial charge in [-0.05, 0) is 121 Å². The van der Waals surface area contributed by atoms with Crippen LogP contribution in [0.1, 0.15) is 0 Å². The standard InChI is InChI=1S/C21H15F3N2O2.C20H13F3N2O2/c1-27-16-12-8-15(9-13-16)26-19-5-3-2-4-18(19)25-20(26)14-6-10-17(11-7-14)28-21(22,23)24;21-20(22,23)27-16-11-5-13(6-12-16)19-24-17-3-1-2-4-18(17)25(19)14-7-9-15(26)10-8-14/h2-13H,1H3;1-12,26H. The van der Waals surface area contributed by atoms with E-state index in [0.717, 1.165) is 39.2 Å². The molecule has 8 aromatic rings. The summed E-state index contributed by atoms with van der Waals surface area (Å²) in [5.41, 5.74) is 6.19. The first-order chi connectivity index (χ1) is 26.3. The highest BCUT2D eigenvalue weighted by Gasteiger charge is 2.32. The lowest BCUT2D eigenvalue weighted by molar-refractivity contribution is -0.275. The minimum absolute atomic E-state index is 0.137. The van der Waals surface area contributed by atoms with Crippen molar-refractivity contribution in [3.8, 4) is 57.1 Å². The third kappa shape index (κ3) is 8.33. The van der Waals surface area contributed by atoms with Gasteiger partial charge in [0.1, 0.15) is 34.6 Å². The summed E-state index contributed by atoms with van der Waals surface area (Å²) in [7, 11) is 1.59. The van der Waals surface area contributed by atoms with Gasteiger partial charge in [0.15, 0.2) is 0 Å². The molecule has 0 spiro atoms. The van der Waals surface area contributed by atoms with E-state index < -0.39 is 12.7 Å². The molecule has 0 radical (unpaired) electrons. The number of halogens is 6. The van der Waals surface area contributed by atoms with Crippen molar-refractivity contribution in [3.63, 3.8) is 0 Å². The Morgan fingerprint density at radius 3 is 1.22 bits per heavy atom. The van der Waals surface area contributed by atoms with Crippen molar-refractivity contribution in [2.45, 2.75) is 12.7 Å². The SMILES string of the molecule is COc1ccc(-n2c(-c3ccc(OC(F)(F)F)cc3)nc3ccccc32)cc1.Oc1ccc(-n2c(-c3ccc(OC(F)(F)F)cc3)nc3ccccc32)cc1. The molecular weight excluding hydrogens is 726 g/mol. The Bertz CT molecular complexity index is 2550. The van der Waals surface area contributed by atoms with Crippen LogP contribution in [0.25, 0.3) is 56.2 Å². The molecule has 0 amide bonds. The largest absolute Gasteiger partial charge is 0.573 e. The average molecular weight is 755 g/mol. The Hall–Kier alpha value is -6.96. The molecule has 2 aromatic heterocycles. The van der Waals surface area contributed by atoms with E-state index in [1.807, 2.05) is 81.9 Å². The number of aromatic nitrogens is 4. The van der Waals surface area contributed by atoms with Gasteiger partial charge in [-0.15, -0.1) is 26.3 Å². The maximum Gasteiger partial charge on any atom is 0.573 e. The van der Waals surface area contributed by atoms with E-state index in [9.17, 15) is 31.4 Å². The maximum atomic E-state index is 12.4. The number of phenols is 1. The number of imidazole rings is 2. The van der Waals surface area contributed by atoms with Crippen LogP contribution >= 0.6 is 0 Å². The van der Waals surface area contributed by atoms with Gasteiger partial charge in [-0.3, -0.25) is 9.13 Å². The summed E-state index contributed by atoms with van der Waals surface area (Å²) >= 11 is 0. The first kappa shape index (κ1) is 36.4. The zero-order valence-corrected chi connectivity index (χ0v) is 28.6. The molecule has 14 heteroatoms. The predicted octanol–water partition coefficient (Wildman–Crippen LogP) is 10.9. The smallest absolute Gasteiger partial charge is 0.508 e.